The van der Waals surface area contributed by atoms with Crippen molar-refractivity contribution in [3.8, 4) is 17.1 Å². The van der Waals surface area contributed by atoms with Gasteiger partial charge in [0.15, 0.2) is 0 Å². The molecule has 20 heavy (non-hydrogen) atoms. The Kier molecular flexibility index (Phi) is 4.36. The molecule has 2 rings (SSSR count). The second kappa shape index (κ2) is 6.02. The molecule has 0 aliphatic rings. The third-order valence-corrected chi connectivity index (χ3v) is 3.22. The van der Waals surface area contributed by atoms with E-state index in [2.05, 4.69) is 10.1 Å². The van der Waals surface area contributed by atoms with Crippen LogP contribution in [0.4, 0.5) is 0 Å². The number of hydrogen-bond acceptors (Lipinski definition) is 6. The van der Waals surface area contributed by atoms with E-state index in [1.165, 1.54) is 0 Å². The predicted octanol–water partition coefficient (Wildman–Crippen LogP) is 1.58. The van der Waals surface area contributed by atoms with E-state index >= 15 is 0 Å². The molecule has 108 valence electrons. The van der Waals surface area contributed by atoms with Crippen molar-refractivity contribution in [2.24, 2.45) is 5.73 Å². The molecule has 1 aromatic carbocycles. The number of methoxy groups -OCH3 is 1. The van der Waals surface area contributed by atoms with Crippen LogP contribution in [0.25, 0.3) is 11.4 Å². The first-order valence-corrected chi connectivity index (χ1v) is 6.41. The highest BCUT2D eigenvalue weighted by molar-refractivity contribution is 5.60. The molecule has 1 atom stereocenters. The topological polar surface area (TPSA) is 94.4 Å². The van der Waals surface area contributed by atoms with Crippen LogP contribution in [0.5, 0.6) is 5.75 Å². The molecule has 1 aromatic heterocycles. The van der Waals surface area contributed by atoms with Gasteiger partial charge in [-0.2, -0.15) is 4.98 Å². The lowest BCUT2D eigenvalue weighted by Gasteiger charge is -2.08. The lowest BCUT2D eigenvalue weighted by Crippen LogP contribution is -2.24. The zero-order valence-electron chi connectivity index (χ0n) is 11.9. The summed E-state index contributed by atoms with van der Waals surface area (Å²) in [5.74, 6) is 1.28. The maximum atomic E-state index is 9.77. The number of benzene rings is 1. The summed E-state index contributed by atoms with van der Waals surface area (Å²) in [7, 11) is 1.60. The Balaban J connectivity index is 2.24. The third kappa shape index (κ3) is 2.97. The van der Waals surface area contributed by atoms with Gasteiger partial charge in [0.25, 0.3) is 0 Å². The molecule has 1 heterocycles. The summed E-state index contributed by atoms with van der Waals surface area (Å²) >= 11 is 0. The first kappa shape index (κ1) is 14.5. The van der Waals surface area contributed by atoms with E-state index in [4.69, 9.17) is 15.0 Å². The number of hydrogen-bond donors (Lipinski definition) is 2. The Morgan fingerprint density at radius 3 is 2.55 bits per heavy atom. The van der Waals surface area contributed by atoms with Crippen molar-refractivity contribution in [3.63, 3.8) is 0 Å². The van der Waals surface area contributed by atoms with Gasteiger partial charge in [-0.25, -0.2) is 0 Å². The first-order chi connectivity index (χ1) is 9.55. The van der Waals surface area contributed by atoms with E-state index in [9.17, 15) is 5.11 Å². The van der Waals surface area contributed by atoms with Crippen molar-refractivity contribution >= 4 is 0 Å². The number of rotatable bonds is 5. The molecule has 1 unspecified atom stereocenters. The molecule has 0 amide bonds. The van der Waals surface area contributed by atoms with Crippen molar-refractivity contribution in [2.45, 2.75) is 26.4 Å². The van der Waals surface area contributed by atoms with E-state index in [1.54, 1.807) is 7.11 Å². The Morgan fingerprint density at radius 2 is 2.00 bits per heavy atom. The van der Waals surface area contributed by atoms with E-state index in [-0.39, 0.29) is 6.10 Å². The number of phenols is 1. The second-order valence-corrected chi connectivity index (χ2v) is 4.77. The summed E-state index contributed by atoms with van der Waals surface area (Å²) < 4.78 is 10.4. The third-order valence-electron chi connectivity index (χ3n) is 3.22. The van der Waals surface area contributed by atoms with E-state index in [0.717, 1.165) is 16.7 Å². The fraction of sp³-hybridized carbons (Fsp3) is 0.429. The summed E-state index contributed by atoms with van der Waals surface area (Å²) in [5.41, 5.74) is 7.94. The molecular weight excluding hydrogens is 258 g/mol. The van der Waals surface area contributed by atoms with Gasteiger partial charge in [-0.15, -0.1) is 0 Å². The number of aryl methyl sites for hydroxylation is 2. The fourth-order valence-electron chi connectivity index (χ4n) is 2.00. The normalized spacial score (nSPS) is 12.6. The van der Waals surface area contributed by atoms with E-state index in [0.29, 0.717) is 30.4 Å². The minimum absolute atomic E-state index is 0.133. The summed E-state index contributed by atoms with van der Waals surface area (Å²) in [4.78, 5) is 4.33. The van der Waals surface area contributed by atoms with E-state index < -0.39 is 0 Å². The SMILES string of the molecule is COC(CN)Cc1nc(-c2cc(C)c(O)c(C)c2)no1. The molecule has 6 nitrogen and oxygen atoms in total. The maximum Gasteiger partial charge on any atom is 0.229 e. The smallest absolute Gasteiger partial charge is 0.229 e. The van der Waals surface area contributed by atoms with Gasteiger partial charge >= 0.3 is 0 Å². The molecule has 0 fully saturated rings. The van der Waals surface area contributed by atoms with Gasteiger partial charge in [-0.3, -0.25) is 0 Å². The number of nitrogens with two attached hydrogens (primary N) is 1. The minimum Gasteiger partial charge on any atom is -0.507 e. The Labute approximate surface area is 117 Å². The predicted molar refractivity (Wildman–Crippen MR) is 74.4 cm³/mol. The Morgan fingerprint density at radius 1 is 1.35 bits per heavy atom. The monoisotopic (exact) mass is 277 g/mol. The summed E-state index contributed by atoms with van der Waals surface area (Å²) in [6, 6.07) is 3.65. The van der Waals surface area contributed by atoms with Gasteiger partial charge in [0.05, 0.1) is 12.5 Å². The second-order valence-electron chi connectivity index (χ2n) is 4.77. The van der Waals surface area contributed by atoms with Gasteiger partial charge < -0.3 is 20.1 Å². The number of ether oxygens (including phenoxy) is 1. The average Bonchev–Trinajstić information content (AvgIpc) is 2.90. The van der Waals surface area contributed by atoms with Crippen molar-refractivity contribution in [3.05, 3.63) is 29.2 Å². The summed E-state index contributed by atoms with van der Waals surface area (Å²) in [5, 5.41) is 13.7. The quantitative estimate of drug-likeness (QED) is 0.861. The van der Waals surface area contributed by atoms with Crippen molar-refractivity contribution in [1.29, 1.82) is 0 Å². The molecule has 3 N–H and O–H groups in total. The van der Waals surface area contributed by atoms with Gasteiger partial charge in [0, 0.05) is 19.2 Å². The standard InChI is InChI=1S/C14H19N3O3/c1-8-4-10(5-9(2)13(8)18)14-16-12(20-17-14)6-11(7-15)19-3/h4-5,11,18H,6-7,15H2,1-3H3. The Bertz CT molecular complexity index is 568. The van der Waals surface area contributed by atoms with Gasteiger partial charge in [-0.05, 0) is 37.1 Å². The lowest BCUT2D eigenvalue weighted by atomic mass is 10.1. The first-order valence-electron chi connectivity index (χ1n) is 6.41. The molecule has 6 heteroatoms. The van der Waals surface area contributed by atoms with Crippen molar-refractivity contribution in [1.82, 2.24) is 10.1 Å². The largest absolute Gasteiger partial charge is 0.507 e. The highest BCUT2D eigenvalue weighted by atomic mass is 16.5. The molecule has 0 saturated heterocycles. The van der Waals surface area contributed by atoms with Crippen molar-refractivity contribution in [2.75, 3.05) is 13.7 Å². The highest BCUT2D eigenvalue weighted by Gasteiger charge is 2.15. The molecule has 0 radical (unpaired) electrons. The van der Waals surface area contributed by atoms with Crippen LogP contribution in [0.15, 0.2) is 16.7 Å². The van der Waals surface area contributed by atoms with Crippen LogP contribution in [0.1, 0.15) is 17.0 Å². The number of phenolic OH excluding ortho intramolecular Hbond substituents is 1. The maximum absolute atomic E-state index is 9.77. The van der Waals surface area contributed by atoms with Crippen LogP contribution in [0, 0.1) is 13.8 Å². The zero-order chi connectivity index (χ0) is 14.7. The Hall–Kier alpha value is -1.92. The number of aromatic nitrogens is 2. The van der Waals surface area contributed by atoms with Crippen LogP contribution in [-0.2, 0) is 11.2 Å². The molecule has 0 saturated carbocycles. The molecule has 0 aliphatic carbocycles. The van der Waals surface area contributed by atoms with Crippen LogP contribution in [-0.4, -0.2) is 35.0 Å². The highest BCUT2D eigenvalue weighted by Crippen LogP contribution is 2.27. The lowest BCUT2D eigenvalue weighted by molar-refractivity contribution is 0.102. The van der Waals surface area contributed by atoms with Gasteiger partial charge in [0.2, 0.25) is 11.7 Å². The summed E-state index contributed by atoms with van der Waals surface area (Å²) in [6.07, 6.45) is 0.349. The fourth-order valence-corrected chi connectivity index (χ4v) is 2.00. The van der Waals surface area contributed by atoms with Crippen LogP contribution in [0.2, 0.25) is 0 Å². The van der Waals surface area contributed by atoms with Crippen molar-refractivity contribution < 1.29 is 14.4 Å². The summed E-state index contributed by atoms with van der Waals surface area (Å²) in [6.45, 7) is 4.07. The van der Waals surface area contributed by atoms with Gasteiger partial charge in [-0.1, -0.05) is 5.16 Å². The molecule has 0 bridgehead atoms. The van der Waals surface area contributed by atoms with Crippen LogP contribution >= 0.6 is 0 Å². The molecule has 0 aliphatic heterocycles. The number of nitrogens with zero attached hydrogens (tertiary/aromatic N) is 2. The van der Waals surface area contributed by atoms with Gasteiger partial charge in [0.1, 0.15) is 5.75 Å². The molecule has 2 aromatic rings. The average molecular weight is 277 g/mol. The minimum atomic E-state index is -0.133. The van der Waals surface area contributed by atoms with Crippen LogP contribution < -0.4 is 5.73 Å². The van der Waals surface area contributed by atoms with E-state index in [1.807, 2.05) is 26.0 Å². The van der Waals surface area contributed by atoms with Crippen LogP contribution in [0.3, 0.4) is 0 Å². The molecular formula is C14H19N3O3. The zero-order valence-corrected chi connectivity index (χ0v) is 11.9. The molecule has 0 spiro atoms. The number of aromatic hydroxyl groups is 1.